The third-order valence-electron chi connectivity index (χ3n) is 6.79. The zero-order valence-corrected chi connectivity index (χ0v) is 19.7. The summed E-state index contributed by atoms with van der Waals surface area (Å²) in [7, 11) is 0. The number of aryl methyl sites for hydroxylation is 2. The fraction of sp³-hybridized carbons (Fsp3) is 0.600. The minimum Gasteiger partial charge on any atom is -0.338 e. The Labute approximate surface area is 185 Å². The number of rotatable bonds is 7. The predicted molar refractivity (Wildman–Crippen MR) is 125 cm³/mol. The van der Waals surface area contributed by atoms with Gasteiger partial charge in [0.2, 0.25) is 0 Å². The van der Waals surface area contributed by atoms with Gasteiger partial charge in [0.25, 0.3) is 5.91 Å². The average Bonchev–Trinajstić information content (AvgIpc) is 3.48. The number of carbonyl (C=O) groups is 1. The van der Waals surface area contributed by atoms with E-state index in [2.05, 4.69) is 48.8 Å². The molecule has 0 bridgehead atoms. The summed E-state index contributed by atoms with van der Waals surface area (Å²) < 4.78 is 0. The molecule has 1 amide bonds. The second-order valence-corrected chi connectivity index (χ2v) is 10.1. The summed E-state index contributed by atoms with van der Waals surface area (Å²) in [5.41, 5.74) is 4.52. The van der Waals surface area contributed by atoms with E-state index >= 15 is 0 Å². The lowest BCUT2D eigenvalue weighted by molar-refractivity contribution is 0.0615. The molecule has 2 aromatic rings. The highest BCUT2D eigenvalue weighted by molar-refractivity contribution is 7.17. The van der Waals surface area contributed by atoms with Crippen LogP contribution in [-0.4, -0.2) is 52.9 Å². The number of nitrogens with zero attached hydrogens (tertiary/aromatic N) is 3. The minimum absolute atomic E-state index is 0.171. The van der Waals surface area contributed by atoms with Crippen molar-refractivity contribution < 1.29 is 4.79 Å². The monoisotopic (exact) mass is 425 g/mol. The third kappa shape index (κ3) is 4.62. The summed E-state index contributed by atoms with van der Waals surface area (Å²) in [5.74, 6) is 1.10. The van der Waals surface area contributed by atoms with Crippen molar-refractivity contribution in [2.75, 3.05) is 26.2 Å². The lowest BCUT2D eigenvalue weighted by Crippen LogP contribution is -2.47. The first kappa shape index (κ1) is 21.5. The van der Waals surface area contributed by atoms with Crippen LogP contribution in [-0.2, 0) is 0 Å². The van der Waals surface area contributed by atoms with Crippen molar-refractivity contribution in [2.24, 2.45) is 5.92 Å². The molecule has 2 fully saturated rings. The molecule has 1 aromatic carbocycles. The number of amides is 1. The first-order valence-corrected chi connectivity index (χ1v) is 12.4. The predicted octanol–water partition coefficient (Wildman–Crippen LogP) is 5.46. The van der Waals surface area contributed by atoms with Crippen LogP contribution in [0.5, 0.6) is 0 Å². The smallest absolute Gasteiger partial charge is 0.265 e. The standard InChI is InChI=1S/C25H35N3OS/c1-5-13-28(16-20-9-10-20)21-11-14-27(15-12-21)25(29)23-19(4)26-24(30-23)22-8-6-7-17(2)18(22)3/h6-8,20-21H,5,9-16H2,1-4H3. The zero-order chi connectivity index (χ0) is 21.3. The summed E-state index contributed by atoms with van der Waals surface area (Å²) in [6.07, 6.45) is 6.23. The number of aromatic nitrogens is 1. The zero-order valence-electron chi connectivity index (χ0n) is 18.9. The highest BCUT2D eigenvalue weighted by Gasteiger charge is 2.32. The molecule has 4 nitrogen and oxygen atoms in total. The van der Waals surface area contributed by atoms with Crippen LogP contribution in [0.25, 0.3) is 10.6 Å². The molecule has 5 heteroatoms. The van der Waals surface area contributed by atoms with Crippen molar-refractivity contribution in [3.8, 4) is 10.6 Å². The summed E-state index contributed by atoms with van der Waals surface area (Å²) >= 11 is 1.56. The molecule has 0 unspecified atom stereocenters. The topological polar surface area (TPSA) is 36.4 Å². The van der Waals surface area contributed by atoms with Gasteiger partial charge >= 0.3 is 0 Å². The van der Waals surface area contributed by atoms with Crippen LogP contribution in [0.1, 0.15) is 65.5 Å². The van der Waals surface area contributed by atoms with Gasteiger partial charge in [0.1, 0.15) is 9.88 Å². The van der Waals surface area contributed by atoms with Crippen molar-refractivity contribution in [2.45, 2.75) is 65.8 Å². The average molecular weight is 426 g/mol. The van der Waals surface area contributed by atoms with Crippen LogP contribution in [0.3, 0.4) is 0 Å². The largest absolute Gasteiger partial charge is 0.338 e. The van der Waals surface area contributed by atoms with E-state index in [0.29, 0.717) is 6.04 Å². The van der Waals surface area contributed by atoms with E-state index in [1.165, 1.54) is 43.5 Å². The van der Waals surface area contributed by atoms with E-state index in [4.69, 9.17) is 4.98 Å². The van der Waals surface area contributed by atoms with Gasteiger partial charge in [0.05, 0.1) is 5.69 Å². The number of hydrogen-bond acceptors (Lipinski definition) is 4. The van der Waals surface area contributed by atoms with Crippen molar-refractivity contribution in [3.63, 3.8) is 0 Å². The van der Waals surface area contributed by atoms with Crippen LogP contribution < -0.4 is 0 Å². The molecule has 1 saturated heterocycles. The molecular formula is C25H35N3OS. The Hall–Kier alpha value is -1.72. The maximum absolute atomic E-state index is 13.3. The Bertz CT molecular complexity index is 894. The van der Waals surface area contributed by atoms with E-state index in [9.17, 15) is 4.79 Å². The maximum atomic E-state index is 13.3. The van der Waals surface area contributed by atoms with Crippen molar-refractivity contribution in [1.29, 1.82) is 0 Å². The second-order valence-electron chi connectivity index (χ2n) is 9.14. The van der Waals surface area contributed by atoms with Crippen molar-refractivity contribution in [1.82, 2.24) is 14.8 Å². The molecule has 30 heavy (non-hydrogen) atoms. The molecule has 1 aromatic heterocycles. The number of carbonyl (C=O) groups excluding carboxylic acids is 1. The van der Waals surface area contributed by atoms with Gasteiger partial charge in [-0.25, -0.2) is 4.98 Å². The molecule has 4 rings (SSSR count). The molecule has 0 radical (unpaired) electrons. The highest BCUT2D eigenvalue weighted by Crippen LogP contribution is 2.34. The molecule has 2 aliphatic rings. The van der Waals surface area contributed by atoms with Gasteiger partial charge in [-0.3, -0.25) is 9.69 Å². The first-order valence-electron chi connectivity index (χ1n) is 11.5. The van der Waals surface area contributed by atoms with Crippen LogP contribution in [0.4, 0.5) is 0 Å². The molecule has 1 saturated carbocycles. The summed E-state index contributed by atoms with van der Waals surface area (Å²) in [5, 5.41) is 0.963. The summed E-state index contributed by atoms with van der Waals surface area (Å²) in [6, 6.07) is 6.95. The maximum Gasteiger partial charge on any atom is 0.265 e. The van der Waals surface area contributed by atoms with Gasteiger partial charge in [-0.2, -0.15) is 0 Å². The van der Waals surface area contributed by atoms with E-state index in [1.54, 1.807) is 11.3 Å². The second kappa shape index (κ2) is 9.19. The number of thiazole rings is 1. The molecule has 1 aliphatic carbocycles. The van der Waals surface area contributed by atoms with Crippen LogP contribution in [0.2, 0.25) is 0 Å². The molecule has 0 spiro atoms. The number of piperidine rings is 1. The quantitative estimate of drug-likeness (QED) is 0.591. The number of hydrogen-bond donors (Lipinski definition) is 0. The molecule has 162 valence electrons. The summed E-state index contributed by atoms with van der Waals surface area (Å²) in [4.78, 5) is 23.6. The number of benzene rings is 1. The van der Waals surface area contributed by atoms with Crippen LogP contribution in [0.15, 0.2) is 18.2 Å². The summed E-state index contributed by atoms with van der Waals surface area (Å²) in [6.45, 7) is 12.7. The Morgan fingerprint density at radius 3 is 2.57 bits per heavy atom. The Morgan fingerprint density at radius 1 is 1.17 bits per heavy atom. The fourth-order valence-electron chi connectivity index (χ4n) is 4.61. The molecular weight excluding hydrogens is 390 g/mol. The van der Waals surface area contributed by atoms with E-state index in [1.807, 2.05) is 6.92 Å². The minimum atomic E-state index is 0.171. The lowest BCUT2D eigenvalue weighted by atomic mass is 10.0. The van der Waals surface area contributed by atoms with Gasteiger partial charge in [-0.15, -0.1) is 11.3 Å². The van der Waals surface area contributed by atoms with Gasteiger partial charge in [-0.05, 0) is 76.5 Å². The van der Waals surface area contributed by atoms with E-state index in [-0.39, 0.29) is 5.91 Å². The molecule has 0 N–H and O–H groups in total. The SMILES string of the molecule is CCCN(CC1CC1)C1CCN(C(=O)c2sc(-c3cccc(C)c3C)nc2C)CC1. The van der Waals surface area contributed by atoms with E-state index in [0.717, 1.165) is 53.0 Å². The van der Waals surface area contributed by atoms with E-state index < -0.39 is 0 Å². The normalized spacial score (nSPS) is 17.7. The Morgan fingerprint density at radius 2 is 1.90 bits per heavy atom. The van der Waals surface area contributed by atoms with Gasteiger partial charge in [0, 0.05) is 31.2 Å². The van der Waals surface area contributed by atoms with Gasteiger partial charge in [0.15, 0.2) is 0 Å². The molecule has 2 heterocycles. The van der Waals surface area contributed by atoms with Crippen molar-refractivity contribution in [3.05, 3.63) is 39.9 Å². The van der Waals surface area contributed by atoms with Crippen molar-refractivity contribution >= 4 is 17.2 Å². The Kier molecular flexibility index (Phi) is 6.59. The third-order valence-corrected chi connectivity index (χ3v) is 7.97. The lowest BCUT2D eigenvalue weighted by Gasteiger charge is -2.38. The van der Waals surface area contributed by atoms with Crippen LogP contribution in [0, 0.1) is 26.7 Å². The molecule has 1 aliphatic heterocycles. The highest BCUT2D eigenvalue weighted by atomic mass is 32.1. The van der Waals surface area contributed by atoms with Gasteiger partial charge < -0.3 is 4.90 Å². The number of likely N-dealkylation sites (tertiary alicyclic amines) is 1. The Balaban J connectivity index is 1.43. The fourth-order valence-corrected chi connectivity index (χ4v) is 5.73. The van der Waals surface area contributed by atoms with Gasteiger partial charge in [-0.1, -0.05) is 25.1 Å². The first-order chi connectivity index (χ1) is 14.5. The molecule has 0 atom stereocenters. The van der Waals surface area contributed by atoms with Crippen LogP contribution >= 0.6 is 11.3 Å².